The highest BCUT2D eigenvalue weighted by atomic mass is 16.5. The van der Waals surface area contributed by atoms with Gasteiger partial charge >= 0.3 is 0 Å². The number of aromatic nitrogens is 2. The van der Waals surface area contributed by atoms with Crippen LogP contribution in [-0.4, -0.2) is 50.7 Å². The molecule has 34 heavy (non-hydrogen) atoms. The number of rotatable bonds is 10. The minimum atomic E-state index is -0.551. The normalized spacial score (nSPS) is 15.0. The molecule has 0 amide bonds. The third kappa shape index (κ3) is 6.47. The van der Waals surface area contributed by atoms with Gasteiger partial charge in [-0.15, -0.1) is 0 Å². The van der Waals surface area contributed by atoms with Crippen LogP contribution in [0.4, 0.5) is 0 Å². The Morgan fingerprint density at radius 1 is 1.09 bits per heavy atom. The van der Waals surface area contributed by atoms with Crippen LogP contribution in [0.2, 0.25) is 0 Å². The van der Waals surface area contributed by atoms with E-state index in [1.807, 2.05) is 80.9 Å². The molecule has 0 unspecified atom stereocenters. The summed E-state index contributed by atoms with van der Waals surface area (Å²) >= 11 is 0. The van der Waals surface area contributed by atoms with Crippen LogP contribution in [0.15, 0.2) is 54.6 Å². The molecule has 0 bridgehead atoms. The van der Waals surface area contributed by atoms with E-state index in [2.05, 4.69) is 17.9 Å². The molecule has 1 aliphatic rings. The van der Waals surface area contributed by atoms with Gasteiger partial charge in [0.25, 0.3) is 0 Å². The fourth-order valence-electron chi connectivity index (χ4n) is 4.01. The lowest BCUT2D eigenvalue weighted by Gasteiger charge is -2.27. The van der Waals surface area contributed by atoms with E-state index in [9.17, 15) is 5.11 Å². The minimum absolute atomic E-state index is 0.270. The predicted molar refractivity (Wildman–Crippen MR) is 135 cm³/mol. The number of nitrogens with zero attached hydrogens (tertiary/aromatic N) is 3. The van der Waals surface area contributed by atoms with Crippen LogP contribution in [-0.2, 0) is 11.3 Å². The van der Waals surface area contributed by atoms with E-state index in [4.69, 9.17) is 14.6 Å². The molecule has 3 aromatic rings. The van der Waals surface area contributed by atoms with E-state index in [0.29, 0.717) is 25.7 Å². The van der Waals surface area contributed by atoms with E-state index in [-0.39, 0.29) is 5.60 Å². The Bertz CT molecular complexity index is 1080. The lowest BCUT2D eigenvalue weighted by molar-refractivity contribution is -0.0573. The van der Waals surface area contributed by atoms with Gasteiger partial charge in [0.15, 0.2) is 0 Å². The minimum Gasteiger partial charge on any atom is -0.439 e. The van der Waals surface area contributed by atoms with Gasteiger partial charge in [0, 0.05) is 19.1 Å². The van der Waals surface area contributed by atoms with Crippen molar-refractivity contribution < 1.29 is 14.6 Å². The Balaban J connectivity index is 1.62. The zero-order valence-corrected chi connectivity index (χ0v) is 21.0. The van der Waals surface area contributed by atoms with Crippen molar-refractivity contribution in [3.8, 4) is 17.3 Å². The Hall–Kier alpha value is -2.67. The first-order valence-electron chi connectivity index (χ1n) is 12.1. The summed E-state index contributed by atoms with van der Waals surface area (Å²) in [6, 6.07) is 18.6. The van der Waals surface area contributed by atoms with Crippen molar-refractivity contribution in [2.45, 2.75) is 71.8 Å². The van der Waals surface area contributed by atoms with Gasteiger partial charge in [-0.1, -0.05) is 30.3 Å². The van der Waals surface area contributed by atoms with E-state index >= 15 is 0 Å². The van der Waals surface area contributed by atoms with Crippen molar-refractivity contribution in [2.24, 2.45) is 0 Å². The Morgan fingerprint density at radius 2 is 1.82 bits per heavy atom. The first kappa shape index (κ1) is 24.5. The summed E-state index contributed by atoms with van der Waals surface area (Å²) in [6.07, 6.45) is 1.74. The fourth-order valence-corrected chi connectivity index (χ4v) is 4.01. The van der Waals surface area contributed by atoms with Crippen molar-refractivity contribution >= 4 is 0 Å². The third-order valence-electron chi connectivity index (χ3n) is 5.92. The molecule has 2 aromatic carbocycles. The van der Waals surface area contributed by atoms with Crippen LogP contribution >= 0.6 is 0 Å². The van der Waals surface area contributed by atoms with Gasteiger partial charge in [-0.25, -0.2) is 4.68 Å². The SMILES string of the molecule is Cc1cccc(Oc2c(CN(C[C@@H](O)COC(C)(C)C)C3CC3)c(C)nn2-c2ccccc2)c1. The van der Waals surface area contributed by atoms with Crippen LogP contribution in [0.3, 0.4) is 0 Å². The second-order valence-corrected chi connectivity index (χ2v) is 10.3. The molecule has 4 rings (SSSR count). The van der Waals surface area contributed by atoms with E-state index in [1.165, 1.54) is 0 Å². The molecule has 1 N–H and O–H groups in total. The number of hydrogen-bond donors (Lipinski definition) is 1. The Labute approximate surface area is 203 Å². The molecular formula is C28H37N3O3. The molecule has 1 atom stereocenters. The summed E-state index contributed by atoms with van der Waals surface area (Å²) in [5.74, 6) is 1.51. The summed E-state index contributed by atoms with van der Waals surface area (Å²) < 4.78 is 14.2. The number of aliphatic hydroxyl groups excluding tert-OH is 1. The molecule has 1 saturated carbocycles. The van der Waals surface area contributed by atoms with Gasteiger partial charge in [-0.05, 0) is 77.3 Å². The molecule has 182 valence electrons. The first-order chi connectivity index (χ1) is 16.2. The maximum Gasteiger partial charge on any atom is 0.227 e. The predicted octanol–water partition coefficient (Wildman–Crippen LogP) is 5.42. The number of hydrogen-bond acceptors (Lipinski definition) is 5. The molecular weight excluding hydrogens is 426 g/mol. The van der Waals surface area contributed by atoms with Gasteiger partial charge < -0.3 is 14.6 Å². The highest BCUT2D eigenvalue weighted by Crippen LogP contribution is 2.35. The van der Waals surface area contributed by atoms with Gasteiger partial charge in [0.1, 0.15) is 5.75 Å². The van der Waals surface area contributed by atoms with Gasteiger partial charge in [-0.3, -0.25) is 4.90 Å². The molecule has 1 aliphatic carbocycles. The summed E-state index contributed by atoms with van der Waals surface area (Å²) in [5, 5.41) is 15.6. The first-order valence-corrected chi connectivity index (χ1v) is 12.1. The Morgan fingerprint density at radius 3 is 2.47 bits per heavy atom. The quantitative estimate of drug-likeness (QED) is 0.435. The molecule has 0 aliphatic heterocycles. The van der Waals surface area contributed by atoms with Gasteiger partial charge in [0.05, 0.1) is 35.3 Å². The number of aryl methyl sites for hydroxylation is 2. The highest BCUT2D eigenvalue weighted by molar-refractivity contribution is 5.43. The molecule has 0 radical (unpaired) electrons. The number of para-hydroxylation sites is 1. The van der Waals surface area contributed by atoms with Gasteiger partial charge in [-0.2, -0.15) is 5.10 Å². The van der Waals surface area contributed by atoms with Crippen LogP contribution < -0.4 is 4.74 Å². The summed E-state index contributed by atoms with van der Waals surface area (Å²) in [4.78, 5) is 2.35. The molecule has 1 fully saturated rings. The maximum absolute atomic E-state index is 10.7. The van der Waals surface area contributed by atoms with Crippen LogP contribution in [0.5, 0.6) is 11.6 Å². The van der Waals surface area contributed by atoms with Crippen molar-refractivity contribution in [3.05, 3.63) is 71.4 Å². The van der Waals surface area contributed by atoms with E-state index < -0.39 is 6.10 Å². The average molecular weight is 464 g/mol. The fraction of sp³-hybridized carbons (Fsp3) is 0.464. The highest BCUT2D eigenvalue weighted by Gasteiger charge is 2.33. The lowest BCUT2D eigenvalue weighted by atomic mass is 10.2. The van der Waals surface area contributed by atoms with E-state index in [0.717, 1.165) is 47.0 Å². The van der Waals surface area contributed by atoms with Gasteiger partial charge in [0.2, 0.25) is 5.88 Å². The maximum atomic E-state index is 10.7. The topological polar surface area (TPSA) is 59.8 Å². The zero-order chi connectivity index (χ0) is 24.3. The number of ether oxygens (including phenoxy) is 2. The monoisotopic (exact) mass is 463 g/mol. The zero-order valence-electron chi connectivity index (χ0n) is 21.0. The second kappa shape index (κ2) is 10.3. The molecule has 1 heterocycles. The van der Waals surface area contributed by atoms with E-state index in [1.54, 1.807) is 0 Å². The molecule has 1 aromatic heterocycles. The standard InChI is InChI=1S/C28H37N3O3/c1-20-10-9-13-25(16-20)34-27-26(21(2)29-31(27)23-11-7-6-8-12-23)18-30(22-14-15-22)17-24(32)19-33-28(3,4)5/h6-13,16,22,24,32H,14-15,17-19H2,1-5H3/t24-/m1/s1. The third-order valence-corrected chi connectivity index (χ3v) is 5.92. The number of benzene rings is 2. The summed E-state index contributed by atoms with van der Waals surface area (Å²) in [7, 11) is 0. The summed E-state index contributed by atoms with van der Waals surface area (Å²) in [6.45, 7) is 11.7. The van der Waals surface area contributed by atoms with Crippen molar-refractivity contribution in [1.82, 2.24) is 14.7 Å². The van der Waals surface area contributed by atoms with Crippen LogP contribution in [0.1, 0.15) is 50.4 Å². The lowest BCUT2D eigenvalue weighted by Crippen LogP contribution is -2.38. The van der Waals surface area contributed by atoms with Crippen molar-refractivity contribution in [3.63, 3.8) is 0 Å². The molecule has 0 saturated heterocycles. The van der Waals surface area contributed by atoms with Crippen molar-refractivity contribution in [1.29, 1.82) is 0 Å². The Kier molecular flexibility index (Phi) is 7.41. The van der Waals surface area contributed by atoms with Crippen LogP contribution in [0, 0.1) is 13.8 Å². The molecule has 0 spiro atoms. The van der Waals surface area contributed by atoms with Crippen molar-refractivity contribution in [2.75, 3.05) is 13.2 Å². The van der Waals surface area contributed by atoms with Crippen LogP contribution in [0.25, 0.3) is 5.69 Å². The summed E-state index contributed by atoms with van der Waals surface area (Å²) in [5.41, 5.74) is 3.80. The average Bonchev–Trinajstić information content (AvgIpc) is 3.59. The number of aliphatic hydroxyl groups is 1. The largest absolute Gasteiger partial charge is 0.439 e. The smallest absolute Gasteiger partial charge is 0.227 e. The second-order valence-electron chi connectivity index (χ2n) is 10.3. The molecule has 6 nitrogen and oxygen atoms in total. The molecule has 6 heteroatoms.